The minimum absolute atomic E-state index is 0.0908. The van der Waals surface area contributed by atoms with Gasteiger partial charge in [-0.05, 0) is 13.0 Å². The van der Waals surface area contributed by atoms with Gasteiger partial charge in [0.1, 0.15) is 11.5 Å². The van der Waals surface area contributed by atoms with Gasteiger partial charge in [-0.2, -0.15) is 0 Å². The van der Waals surface area contributed by atoms with E-state index in [0.717, 1.165) is 4.57 Å². The van der Waals surface area contributed by atoms with Crippen molar-refractivity contribution in [2.24, 2.45) is 0 Å². The Balaban J connectivity index is 3.12. The van der Waals surface area contributed by atoms with Crippen LogP contribution in [-0.2, 0) is 9.53 Å². The first-order valence-electron chi connectivity index (χ1n) is 4.28. The molecule has 0 saturated heterocycles. The van der Waals surface area contributed by atoms with Gasteiger partial charge >= 0.3 is 11.7 Å². The molecule has 80 valence electrons. The van der Waals surface area contributed by atoms with Crippen molar-refractivity contribution in [1.29, 1.82) is 0 Å². The molecule has 0 fully saturated rings. The van der Waals surface area contributed by atoms with Gasteiger partial charge in [-0.1, -0.05) is 6.58 Å². The molecule has 0 aliphatic heterocycles. The van der Waals surface area contributed by atoms with Crippen molar-refractivity contribution in [2.45, 2.75) is 6.92 Å². The molecule has 15 heavy (non-hydrogen) atoms. The summed E-state index contributed by atoms with van der Waals surface area (Å²) >= 11 is 0. The number of rotatable bonds is 3. The maximum Gasteiger partial charge on any atom is 0.354 e. The number of anilines is 1. The maximum atomic E-state index is 11.3. The van der Waals surface area contributed by atoms with E-state index in [9.17, 15) is 9.59 Å². The zero-order chi connectivity index (χ0) is 11.4. The van der Waals surface area contributed by atoms with Crippen LogP contribution in [0.15, 0.2) is 23.6 Å². The molecule has 1 aromatic rings. The summed E-state index contributed by atoms with van der Waals surface area (Å²) < 4.78 is 5.59. The smallest absolute Gasteiger partial charge is 0.354 e. The Bertz CT molecular complexity index is 450. The third-order valence-corrected chi connectivity index (χ3v) is 1.66. The van der Waals surface area contributed by atoms with E-state index in [1.54, 1.807) is 6.92 Å². The van der Waals surface area contributed by atoms with E-state index in [0.29, 0.717) is 0 Å². The molecule has 0 saturated carbocycles. The van der Waals surface area contributed by atoms with Crippen molar-refractivity contribution in [3.05, 3.63) is 29.3 Å². The summed E-state index contributed by atoms with van der Waals surface area (Å²) in [5, 5.41) is 0. The summed E-state index contributed by atoms with van der Waals surface area (Å²) in [6, 6.07) is 1.39. The van der Waals surface area contributed by atoms with Gasteiger partial charge in [-0.25, -0.2) is 19.1 Å². The Morgan fingerprint density at radius 2 is 2.40 bits per heavy atom. The SMILES string of the molecule is C=C(C(=O)OCC)n1c(N)ccnc1=O. The molecule has 0 aliphatic carbocycles. The highest BCUT2D eigenvalue weighted by Crippen LogP contribution is 2.06. The summed E-state index contributed by atoms with van der Waals surface area (Å²) in [7, 11) is 0. The summed E-state index contributed by atoms with van der Waals surface area (Å²) in [6.07, 6.45) is 1.26. The fraction of sp³-hybridized carbons (Fsp3) is 0.222. The van der Waals surface area contributed by atoms with E-state index < -0.39 is 11.7 Å². The number of esters is 1. The van der Waals surface area contributed by atoms with Crippen LogP contribution in [0.5, 0.6) is 0 Å². The Kier molecular flexibility index (Phi) is 3.22. The second kappa shape index (κ2) is 4.41. The molecule has 1 rings (SSSR count). The fourth-order valence-electron chi connectivity index (χ4n) is 0.997. The first-order valence-corrected chi connectivity index (χ1v) is 4.28. The molecule has 0 atom stereocenters. The minimum atomic E-state index is -0.695. The fourth-order valence-corrected chi connectivity index (χ4v) is 0.997. The molecule has 0 bridgehead atoms. The first-order chi connectivity index (χ1) is 7.07. The summed E-state index contributed by atoms with van der Waals surface area (Å²) in [5.41, 5.74) is 4.71. The molecule has 6 nitrogen and oxygen atoms in total. The van der Waals surface area contributed by atoms with Gasteiger partial charge in [0.05, 0.1) is 6.61 Å². The van der Waals surface area contributed by atoms with Gasteiger partial charge in [0, 0.05) is 6.20 Å². The summed E-state index contributed by atoms with van der Waals surface area (Å²) in [5.74, 6) is -0.604. The van der Waals surface area contributed by atoms with E-state index in [2.05, 4.69) is 16.3 Å². The van der Waals surface area contributed by atoms with Crippen molar-refractivity contribution in [1.82, 2.24) is 9.55 Å². The molecular weight excluding hydrogens is 198 g/mol. The molecule has 0 unspecified atom stereocenters. The second-order valence-electron chi connectivity index (χ2n) is 2.65. The molecule has 6 heteroatoms. The van der Waals surface area contributed by atoms with E-state index in [1.807, 2.05) is 0 Å². The monoisotopic (exact) mass is 209 g/mol. The topological polar surface area (TPSA) is 87.2 Å². The van der Waals surface area contributed by atoms with Crippen molar-refractivity contribution in [2.75, 3.05) is 12.3 Å². The van der Waals surface area contributed by atoms with E-state index >= 15 is 0 Å². The van der Waals surface area contributed by atoms with Crippen LogP contribution < -0.4 is 11.4 Å². The molecule has 0 aromatic carbocycles. The van der Waals surface area contributed by atoms with Crippen LogP contribution in [0, 0.1) is 0 Å². The Labute approximate surface area is 86.0 Å². The van der Waals surface area contributed by atoms with Gasteiger partial charge in [-0.3, -0.25) is 0 Å². The molecule has 0 amide bonds. The lowest BCUT2D eigenvalue weighted by atomic mass is 10.4. The lowest BCUT2D eigenvalue weighted by molar-refractivity contribution is -0.136. The lowest BCUT2D eigenvalue weighted by Gasteiger charge is -2.09. The predicted octanol–water partition coefficient (Wildman–Crippen LogP) is -0.141. The molecule has 2 N–H and O–H groups in total. The van der Waals surface area contributed by atoms with E-state index in [4.69, 9.17) is 5.73 Å². The normalized spacial score (nSPS) is 9.67. The highest BCUT2D eigenvalue weighted by molar-refractivity contribution is 6.09. The second-order valence-corrected chi connectivity index (χ2v) is 2.65. The Hall–Kier alpha value is -2.11. The average Bonchev–Trinajstić information content (AvgIpc) is 2.17. The molecule has 0 spiro atoms. The standard InChI is InChI=1S/C9H11N3O3/c1-3-15-8(13)6(2)12-7(10)4-5-11-9(12)14/h4-5H,2-3,10H2,1H3. The van der Waals surface area contributed by atoms with Crippen LogP contribution in [0.2, 0.25) is 0 Å². The van der Waals surface area contributed by atoms with Crippen LogP contribution in [0.25, 0.3) is 5.70 Å². The largest absolute Gasteiger partial charge is 0.461 e. The number of hydrogen-bond donors (Lipinski definition) is 1. The zero-order valence-electron chi connectivity index (χ0n) is 8.27. The van der Waals surface area contributed by atoms with Crippen molar-refractivity contribution < 1.29 is 9.53 Å². The number of hydrogen-bond acceptors (Lipinski definition) is 5. The quantitative estimate of drug-likeness (QED) is 0.553. The maximum absolute atomic E-state index is 11.3. The average molecular weight is 209 g/mol. The molecule has 0 radical (unpaired) electrons. The van der Waals surface area contributed by atoms with E-state index in [1.165, 1.54) is 12.3 Å². The number of nitrogens with two attached hydrogens (primary N) is 1. The number of nitrogens with zero attached hydrogens (tertiary/aromatic N) is 2. The number of carbonyl (C=O) groups excluding carboxylic acids is 1. The number of aromatic nitrogens is 2. The first kappa shape index (κ1) is 11.0. The third-order valence-electron chi connectivity index (χ3n) is 1.66. The summed E-state index contributed by atoms with van der Waals surface area (Å²) in [4.78, 5) is 26.0. The van der Waals surface area contributed by atoms with Crippen LogP contribution in [0.1, 0.15) is 6.92 Å². The number of carbonyl (C=O) groups is 1. The molecule has 1 aromatic heterocycles. The molecular formula is C9H11N3O3. The zero-order valence-corrected chi connectivity index (χ0v) is 8.27. The van der Waals surface area contributed by atoms with Crippen LogP contribution in [0.4, 0.5) is 5.82 Å². The number of nitrogen functional groups attached to an aromatic ring is 1. The minimum Gasteiger partial charge on any atom is -0.461 e. The van der Waals surface area contributed by atoms with Gasteiger partial charge in [0.15, 0.2) is 0 Å². The van der Waals surface area contributed by atoms with Gasteiger partial charge < -0.3 is 10.5 Å². The Morgan fingerprint density at radius 1 is 1.73 bits per heavy atom. The predicted molar refractivity (Wildman–Crippen MR) is 54.9 cm³/mol. The van der Waals surface area contributed by atoms with Crippen LogP contribution >= 0.6 is 0 Å². The molecule has 1 heterocycles. The van der Waals surface area contributed by atoms with Gasteiger partial charge in [0.2, 0.25) is 0 Å². The van der Waals surface area contributed by atoms with Crippen LogP contribution in [0.3, 0.4) is 0 Å². The van der Waals surface area contributed by atoms with Gasteiger partial charge in [-0.15, -0.1) is 0 Å². The third kappa shape index (κ3) is 2.22. The van der Waals surface area contributed by atoms with Crippen molar-refractivity contribution in [3.8, 4) is 0 Å². The Morgan fingerprint density at radius 3 is 2.93 bits per heavy atom. The summed E-state index contributed by atoms with van der Waals surface area (Å²) in [6.45, 7) is 5.29. The van der Waals surface area contributed by atoms with Gasteiger partial charge in [0.25, 0.3) is 0 Å². The van der Waals surface area contributed by atoms with Crippen LogP contribution in [-0.4, -0.2) is 22.1 Å². The highest BCUT2D eigenvalue weighted by atomic mass is 16.5. The lowest BCUT2D eigenvalue weighted by Crippen LogP contribution is -2.27. The number of ether oxygens (including phenoxy) is 1. The van der Waals surface area contributed by atoms with Crippen molar-refractivity contribution >= 4 is 17.5 Å². The highest BCUT2D eigenvalue weighted by Gasteiger charge is 2.13. The van der Waals surface area contributed by atoms with E-state index in [-0.39, 0.29) is 18.1 Å². The van der Waals surface area contributed by atoms with Crippen molar-refractivity contribution in [3.63, 3.8) is 0 Å². The molecule has 0 aliphatic rings.